The highest BCUT2D eigenvalue weighted by molar-refractivity contribution is 8.00. The highest BCUT2D eigenvalue weighted by Crippen LogP contribution is 2.25. The molecule has 1 aliphatic rings. The van der Waals surface area contributed by atoms with Crippen molar-refractivity contribution in [1.82, 2.24) is 14.9 Å². The Hall–Kier alpha value is -1.60. The molecule has 134 valence electrons. The van der Waals surface area contributed by atoms with Gasteiger partial charge < -0.3 is 5.32 Å². The van der Waals surface area contributed by atoms with Crippen LogP contribution in [0, 0.1) is 0 Å². The standard InChI is InChI=1S/C18H23N3O2S2/c1-3-10-21-17(23)14-9-11-24-16(14)20-18(21)25-12(2)15(22)19-13-7-5-4-6-8-13/h3,9,11-13H,1,4-8,10H2,2H3,(H,19,22). The van der Waals surface area contributed by atoms with Gasteiger partial charge in [-0.2, -0.15) is 0 Å². The molecule has 0 aliphatic heterocycles. The van der Waals surface area contributed by atoms with Gasteiger partial charge in [0.2, 0.25) is 5.91 Å². The van der Waals surface area contributed by atoms with Crippen molar-refractivity contribution in [3.05, 3.63) is 34.5 Å². The number of thioether (sulfide) groups is 1. The lowest BCUT2D eigenvalue weighted by molar-refractivity contribution is -0.121. The van der Waals surface area contributed by atoms with E-state index in [1.807, 2.05) is 12.3 Å². The van der Waals surface area contributed by atoms with Gasteiger partial charge in [0.25, 0.3) is 5.56 Å². The van der Waals surface area contributed by atoms with Crippen molar-refractivity contribution < 1.29 is 4.79 Å². The van der Waals surface area contributed by atoms with E-state index in [1.54, 1.807) is 16.7 Å². The topological polar surface area (TPSA) is 64.0 Å². The van der Waals surface area contributed by atoms with Gasteiger partial charge in [0.05, 0.1) is 10.6 Å². The van der Waals surface area contributed by atoms with Crippen molar-refractivity contribution in [1.29, 1.82) is 0 Å². The average molecular weight is 378 g/mol. The first-order valence-electron chi connectivity index (χ1n) is 8.66. The predicted molar refractivity (Wildman–Crippen MR) is 104 cm³/mol. The molecule has 0 bridgehead atoms. The maximum Gasteiger partial charge on any atom is 0.263 e. The molecule has 0 spiro atoms. The predicted octanol–water partition coefficient (Wildman–Crippen LogP) is 3.57. The first-order chi connectivity index (χ1) is 12.1. The van der Waals surface area contributed by atoms with Crippen LogP contribution in [-0.4, -0.2) is 26.8 Å². The molecule has 2 heterocycles. The zero-order valence-electron chi connectivity index (χ0n) is 14.4. The average Bonchev–Trinajstić information content (AvgIpc) is 3.08. The number of thiophene rings is 1. The summed E-state index contributed by atoms with van der Waals surface area (Å²) in [6, 6.07) is 2.08. The number of amides is 1. The molecule has 0 saturated heterocycles. The number of fused-ring (bicyclic) bond motifs is 1. The van der Waals surface area contributed by atoms with E-state index >= 15 is 0 Å². The molecule has 2 aromatic rings. The summed E-state index contributed by atoms with van der Waals surface area (Å²) in [6.07, 6.45) is 7.42. The van der Waals surface area contributed by atoms with Crippen LogP contribution < -0.4 is 10.9 Å². The molecule has 7 heteroatoms. The third-order valence-corrected chi connectivity index (χ3v) is 6.36. The van der Waals surface area contributed by atoms with Crippen LogP contribution in [0.1, 0.15) is 39.0 Å². The summed E-state index contributed by atoms with van der Waals surface area (Å²) in [5, 5.41) is 5.90. The molecule has 1 aliphatic carbocycles. The molecular weight excluding hydrogens is 354 g/mol. The van der Waals surface area contributed by atoms with E-state index in [-0.39, 0.29) is 22.8 Å². The van der Waals surface area contributed by atoms with Crippen molar-refractivity contribution in [2.24, 2.45) is 0 Å². The minimum Gasteiger partial charge on any atom is -0.352 e. The fraction of sp³-hybridized carbons (Fsp3) is 0.500. The number of rotatable bonds is 6. The van der Waals surface area contributed by atoms with Crippen LogP contribution >= 0.6 is 23.1 Å². The molecule has 1 atom stereocenters. The number of hydrogen-bond acceptors (Lipinski definition) is 5. The Labute approximate surface area is 155 Å². The maximum atomic E-state index is 12.6. The van der Waals surface area contributed by atoms with Crippen LogP contribution in [0.2, 0.25) is 0 Å². The minimum absolute atomic E-state index is 0.0163. The van der Waals surface area contributed by atoms with Gasteiger partial charge in [-0.1, -0.05) is 37.1 Å². The molecule has 1 amide bonds. The monoisotopic (exact) mass is 377 g/mol. The third-order valence-electron chi connectivity index (χ3n) is 4.46. The van der Waals surface area contributed by atoms with Gasteiger partial charge in [-0.05, 0) is 31.2 Å². The lowest BCUT2D eigenvalue weighted by Crippen LogP contribution is -2.40. The molecule has 1 unspecified atom stereocenters. The van der Waals surface area contributed by atoms with Gasteiger partial charge in [0.15, 0.2) is 5.16 Å². The van der Waals surface area contributed by atoms with E-state index in [1.165, 1.54) is 42.4 Å². The molecular formula is C18H23N3O2S2. The molecule has 1 N–H and O–H groups in total. The Kier molecular flexibility index (Phi) is 5.96. The van der Waals surface area contributed by atoms with Crippen molar-refractivity contribution in [3.63, 3.8) is 0 Å². The fourth-order valence-electron chi connectivity index (χ4n) is 3.09. The van der Waals surface area contributed by atoms with Crippen LogP contribution in [-0.2, 0) is 11.3 Å². The number of allylic oxidation sites excluding steroid dienone is 1. The SMILES string of the molecule is C=CCn1c(SC(C)C(=O)NC2CCCCC2)nc2sccc2c1=O. The number of hydrogen-bond donors (Lipinski definition) is 1. The van der Waals surface area contributed by atoms with E-state index in [9.17, 15) is 9.59 Å². The molecule has 1 saturated carbocycles. The molecule has 5 nitrogen and oxygen atoms in total. The van der Waals surface area contributed by atoms with Crippen LogP contribution in [0.5, 0.6) is 0 Å². The van der Waals surface area contributed by atoms with Gasteiger partial charge in [0.1, 0.15) is 4.83 Å². The van der Waals surface area contributed by atoms with Gasteiger partial charge in [-0.3, -0.25) is 14.2 Å². The van der Waals surface area contributed by atoms with E-state index in [2.05, 4.69) is 16.9 Å². The number of nitrogens with one attached hydrogen (secondary N) is 1. The van der Waals surface area contributed by atoms with Gasteiger partial charge in [-0.15, -0.1) is 17.9 Å². The summed E-state index contributed by atoms with van der Waals surface area (Å²) in [5.41, 5.74) is -0.0754. The fourth-order valence-corrected chi connectivity index (χ4v) is 4.82. The number of nitrogens with zero attached hydrogens (tertiary/aromatic N) is 2. The van der Waals surface area contributed by atoms with Crippen LogP contribution in [0.3, 0.4) is 0 Å². The summed E-state index contributed by atoms with van der Waals surface area (Å²) in [4.78, 5) is 30.5. The second-order valence-electron chi connectivity index (χ2n) is 6.34. The van der Waals surface area contributed by atoms with Crippen LogP contribution in [0.25, 0.3) is 10.2 Å². The summed E-state index contributed by atoms with van der Waals surface area (Å²) in [6.45, 7) is 5.98. The van der Waals surface area contributed by atoms with Gasteiger partial charge >= 0.3 is 0 Å². The number of carbonyl (C=O) groups is 1. The highest BCUT2D eigenvalue weighted by atomic mass is 32.2. The normalized spacial score (nSPS) is 16.7. The van der Waals surface area contributed by atoms with Crippen molar-refractivity contribution in [2.75, 3.05) is 0 Å². The molecule has 0 aromatic carbocycles. The molecule has 25 heavy (non-hydrogen) atoms. The summed E-state index contributed by atoms with van der Waals surface area (Å²) in [7, 11) is 0. The van der Waals surface area contributed by atoms with Crippen LogP contribution in [0.15, 0.2) is 34.1 Å². The quantitative estimate of drug-likeness (QED) is 0.475. The second kappa shape index (κ2) is 8.19. The first-order valence-corrected chi connectivity index (χ1v) is 10.4. The number of carbonyl (C=O) groups excluding carboxylic acids is 1. The molecule has 1 fully saturated rings. The zero-order chi connectivity index (χ0) is 17.8. The number of aromatic nitrogens is 2. The summed E-state index contributed by atoms with van der Waals surface area (Å²) >= 11 is 2.78. The van der Waals surface area contributed by atoms with E-state index in [0.717, 1.165) is 12.8 Å². The van der Waals surface area contributed by atoms with Crippen molar-refractivity contribution in [2.45, 2.75) is 62.0 Å². The van der Waals surface area contributed by atoms with Gasteiger partial charge in [-0.25, -0.2) is 4.98 Å². The Morgan fingerprint density at radius 3 is 3.00 bits per heavy atom. The van der Waals surface area contributed by atoms with E-state index < -0.39 is 0 Å². The first kappa shape index (κ1) is 18.2. The van der Waals surface area contributed by atoms with E-state index in [4.69, 9.17) is 0 Å². The van der Waals surface area contributed by atoms with Crippen LogP contribution in [0.4, 0.5) is 0 Å². The molecule has 0 radical (unpaired) electrons. The third kappa shape index (κ3) is 4.15. The van der Waals surface area contributed by atoms with Crippen molar-refractivity contribution >= 4 is 39.2 Å². The van der Waals surface area contributed by atoms with E-state index in [0.29, 0.717) is 21.9 Å². The second-order valence-corrected chi connectivity index (χ2v) is 8.54. The zero-order valence-corrected chi connectivity index (χ0v) is 16.0. The molecule has 3 rings (SSSR count). The highest BCUT2D eigenvalue weighted by Gasteiger charge is 2.22. The Bertz CT molecular complexity index is 821. The minimum atomic E-state index is -0.303. The maximum absolute atomic E-state index is 12.6. The Morgan fingerprint density at radius 2 is 2.28 bits per heavy atom. The van der Waals surface area contributed by atoms with Gasteiger partial charge in [0, 0.05) is 12.6 Å². The Balaban J connectivity index is 1.78. The summed E-state index contributed by atoms with van der Waals surface area (Å²) in [5.74, 6) is 0.0163. The summed E-state index contributed by atoms with van der Waals surface area (Å²) < 4.78 is 1.59. The Morgan fingerprint density at radius 1 is 1.52 bits per heavy atom. The lowest BCUT2D eigenvalue weighted by Gasteiger charge is -2.24. The smallest absolute Gasteiger partial charge is 0.263 e. The lowest BCUT2D eigenvalue weighted by atomic mass is 9.95. The van der Waals surface area contributed by atoms with Crippen molar-refractivity contribution in [3.8, 4) is 0 Å². The largest absolute Gasteiger partial charge is 0.352 e. The molecule has 2 aromatic heterocycles.